The SMILES string of the molecule is C=Cc1cc(OCc2ccccc2)ccc1OCC(=O)OCC. The number of benzene rings is 2. The molecule has 2 aromatic carbocycles. The molecule has 0 aliphatic carbocycles. The number of carbonyl (C=O) groups is 1. The minimum Gasteiger partial charge on any atom is -0.489 e. The quantitative estimate of drug-likeness (QED) is 0.695. The first-order valence-corrected chi connectivity index (χ1v) is 7.44. The van der Waals surface area contributed by atoms with Crippen molar-refractivity contribution in [2.45, 2.75) is 13.5 Å². The Morgan fingerprint density at radius 1 is 1.13 bits per heavy atom. The van der Waals surface area contributed by atoms with Crippen molar-refractivity contribution in [1.29, 1.82) is 0 Å². The highest BCUT2D eigenvalue weighted by atomic mass is 16.6. The Morgan fingerprint density at radius 2 is 1.91 bits per heavy atom. The monoisotopic (exact) mass is 312 g/mol. The highest BCUT2D eigenvalue weighted by Crippen LogP contribution is 2.26. The van der Waals surface area contributed by atoms with Crippen molar-refractivity contribution in [3.8, 4) is 11.5 Å². The van der Waals surface area contributed by atoms with Crippen LogP contribution in [0.5, 0.6) is 11.5 Å². The molecule has 0 amide bonds. The number of carbonyl (C=O) groups excluding carboxylic acids is 1. The van der Waals surface area contributed by atoms with Gasteiger partial charge in [0.25, 0.3) is 0 Å². The van der Waals surface area contributed by atoms with Crippen molar-refractivity contribution >= 4 is 12.0 Å². The zero-order chi connectivity index (χ0) is 16.5. The van der Waals surface area contributed by atoms with Crippen LogP contribution in [0.4, 0.5) is 0 Å². The fourth-order valence-corrected chi connectivity index (χ4v) is 1.99. The molecule has 0 spiro atoms. The van der Waals surface area contributed by atoms with Crippen LogP contribution in [0.15, 0.2) is 55.1 Å². The first kappa shape index (κ1) is 16.6. The van der Waals surface area contributed by atoms with Gasteiger partial charge in [0, 0.05) is 5.56 Å². The van der Waals surface area contributed by atoms with Gasteiger partial charge in [-0.05, 0) is 30.7 Å². The van der Waals surface area contributed by atoms with Gasteiger partial charge in [0.15, 0.2) is 6.61 Å². The Hall–Kier alpha value is -2.75. The molecule has 120 valence electrons. The summed E-state index contributed by atoms with van der Waals surface area (Å²) in [6, 6.07) is 15.3. The van der Waals surface area contributed by atoms with Crippen LogP contribution in [0.2, 0.25) is 0 Å². The molecule has 0 unspecified atom stereocenters. The Bertz CT molecular complexity index is 650. The van der Waals surface area contributed by atoms with E-state index in [1.807, 2.05) is 36.4 Å². The van der Waals surface area contributed by atoms with Gasteiger partial charge in [-0.2, -0.15) is 0 Å². The largest absolute Gasteiger partial charge is 0.489 e. The number of hydrogen-bond acceptors (Lipinski definition) is 4. The molecular formula is C19H20O4. The van der Waals surface area contributed by atoms with E-state index in [0.717, 1.165) is 11.1 Å². The molecule has 0 saturated heterocycles. The Morgan fingerprint density at radius 3 is 2.61 bits per heavy atom. The Labute approximate surface area is 136 Å². The molecule has 4 nitrogen and oxygen atoms in total. The van der Waals surface area contributed by atoms with Crippen molar-refractivity contribution < 1.29 is 19.0 Å². The summed E-state index contributed by atoms with van der Waals surface area (Å²) in [5.74, 6) is 0.888. The second-order valence-electron chi connectivity index (χ2n) is 4.77. The molecule has 0 N–H and O–H groups in total. The summed E-state index contributed by atoms with van der Waals surface area (Å²) in [5, 5.41) is 0. The molecule has 0 saturated carbocycles. The van der Waals surface area contributed by atoms with Crippen molar-refractivity contribution in [2.24, 2.45) is 0 Å². The summed E-state index contributed by atoms with van der Waals surface area (Å²) in [6.45, 7) is 6.22. The van der Waals surface area contributed by atoms with Gasteiger partial charge in [-0.25, -0.2) is 4.79 Å². The van der Waals surface area contributed by atoms with Gasteiger partial charge < -0.3 is 14.2 Å². The van der Waals surface area contributed by atoms with Crippen LogP contribution in [-0.2, 0) is 16.1 Å². The number of hydrogen-bond donors (Lipinski definition) is 0. The Kier molecular flexibility index (Phi) is 6.24. The maximum atomic E-state index is 11.3. The molecule has 0 radical (unpaired) electrons. The lowest BCUT2D eigenvalue weighted by atomic mass is 10.2. The smallest absolute Gasteiger partial charge is 0.344 e. The zero-order valence-electron chi connectivity index (χ0n) is 13.2. The summed E-state index contributed by atoms with van der Waals surface area (Å²) in [5.41, 5.74) is 1.86. The highest BCUT2D eigenvalue weighted by molar-refractivity contribution is 5.71. The zero-order valence-corrected chi connectivity index (χ0v) is 13.2. The van der Waals surface area contributed by atoms with Crippen LogP contribution in [0, 0.1) is 0 Å². The second-order valence-corrected chi connectivity index (χ2v) is 4.77. The summed E-state index contributed by atoms with van der Waals surface area (Å²) >= 11 is 0. The molecule has 0 atom stereocenters. The maximum Gasteiger partial charge on any atom is 0.344 e. The summed E-state index contributed by atoms with van der Waals surface area (Å²) in [4.78, 5) is 11.3. The minimum absolute atomic E-state index is 0.126. The van der Waals surface area contributed by atoms with E-state index in [4.69, 9.17) is 14.2 Å². The molecule has 0 aliphatic heterocycles. The van der Waals surface area contributed by atoms with Crippen LogP contribution in [0.1, 0.15) is 18.1 Å². The first-order valence-electron chi connectivity index (χ1n) is 7.44. The summed E-state index contributed by atoms with van der Waals surface area (Å²) in [6.07, 6.45) is 1.66. The normalized spacial score (nSPS) is 9.96. The third-order valence-electron chi connectivity index (χ3n) is 3.10. The third kappa shape index (κ3) is 5.18. The van der Waals surface area contributed by atoms with Crippen molar-refractivity contribution in [2.75, 3.05) is 13.2 Å². The standard InChI is InChI=1S/C19H20O4/c1-3-16-12-17(22-13-15-8-6-5-7-9-15)10-11-18(16)23-14-19(20)21-4-2/h3,5-12H,1,4,13-14H2,2H3. The number of esters is 1. The summed E-state index contributed by atoms with van der Waals surface area (Å²) in [7, 11) is 0. The van der Waals surface area contributed by atoms with E-state index in [0.29, 0.717) is 24.7 Å². The molecule has 23 heavy (non-hydrogen) atoms. The topological polar surface area (TPSA) is 44.8 Å². The van der Waals surface area contributed by atoms with Gasteiger partial charge in [-0.15, -0.1) is 0 Å². The van der Waals surface area contributed by atoms with Crippen molar-refractivity contribution in [3.63, 3.8) is 0 Å². The van der Waals surface area contributed by atoms with Gasteiger partial charge in [0.1, 0.15) is 18.1 Å². The first-order chi connectivity index (χ1) is 11.2. The summed E-state index contributed by atoms with van der Waals surface area (Å²) < 4.78 is 16.1. The van der Waals surface area contributed by atoms with Crippen molar-refractivity contribution in [1.82, 2.24) is 0 Å². The third-order valence-corrected chi connectivity index (χ3v) is 3.10. The highest BCUT2D eigenvalue weighted by Gasteiger charge is 2.07. The van der Waals surface area contributed by atoms with E-state index >= 15 is 0 Å². The van der Waals surface area contributed by atoms with E-state index < -0.39 is 5.97 Å². The van der Waals surface area contributed by atoms with Crippen LogP contribution in [0.3, 0.4) is 0 Å². The van der Waals surface area contributed by atoms with E-state index in [2.05, 4.69) is 6.58 Å². The van der Waals surface area contributed by atoms with E-state index in [1.165, 1.54) is 0 Å². The fourth-order valence-electron chi connectivity index (χ4n) is 1.99. The minimum atomic E-state index is -0.396. The van der Waals surface area contributed by atoms with Crippen LogP contribution < -0.4 is 9.47 Å². The van der Waals surface area contributed by atoms with E-state index in [-0.39, 0.29) is 6.61 Å². The molecule has 2 aromatic rings. The molecule has 0 bridgehead atoms. The van der Waals surface area contributed by atoms with Gasteiger partial charge in [0.2, 0.25) is 0 Å². The lowest BCUT2D eigenvalue weighted by Gasteiger charge is -2.11. The molecule has 0 fully saturated rings. The molecule has 0 aliphatic rings. The van der Waals surface area contributed by atoms with Gasteiger partial charge in [-0.1, -0.05) is 43.0 Å². The van der Waals surface area contributed by atoms with Crippen LogP contribution >= 0.6 is 0 Å². The predicted molar refractivity (Wildman–Crippen MR) is 89.4 cm³/mol. The maximum absolute atomic E-state index is 11.3. The van der Waals surface area contributed by atoms with Crippen LogP contribution in [0.25, 0.3) is 6.08 Å². The average molecular weight is 312 g/mol. The predicted octanol–water partition coefficient (Wildman–Crippen LogP) is 3.85. The van der Waals surface area contributed by atoms with Crippen molar-refractivity contribution in [3.05, 3.63) is 66.2 Å². The molecular weight excluding hydrogens is 292 g/mol. The molecule has 0 heterocycles. The van der Waals surface area contributed by atoms with Gasteiger partial charge >= 0.3 is 5.97 Å². The Balaban J connectivity index is 1.98. The lowest BCUT2D eigenvalue weighted by molar-refractivity contribution is -0.145. The van der Waals surface area contributed by atoms with E-state index in [9.17, 15) is 4.79 Å². The van der Waals surface area contributed by atoms with Gasteiger partial charge in [-0.3, -0.25) is 0 Å². The number of ether oxygens (including phenoxy) is 3. The van der Waals surface area contributed by atoms with Crippen LogP contribution in [-0.4, -0.2) is 19.2 Å². The fraction of sp³-hybridized carbons (Fsp3) is 0.211. The van der Waals surface area contributed by atoms with E-state index in [1.54, 1.807) is 25.1 Å². The molecule has 4 heteroatoms. The number of rotatable bonds is 8. The average Bonchev–Trinajstić information content (AvgIpc) is 2.59. The molecule has 2 rings (SSSR count). The lowest BCUT2D eigenvalue weighted by Crippen LogP contribution is -2.14. The molecule has 0 aromatic heterocycles. The van der Waals surface area contributed by atoms with Gasteiger partial charge in [0.05, 0.1) is 6.61 Å². The second kappa shape index (κ2) is 8.63.